The van der Waals surface area contributed by atoms with Crippen LogP contribution < -0.4 is 0 Å². The van der Waals surface area contributed by atoms with E-state index in [0.29, 0.717) is 13.0 Å². The number of aliphatic hydroxyl groups excluding tert-OH is 1. The zero-order chi connectivity index (χ0) is 31.3. The van der Waals surface area contributed by atoms with Gasteiger partial charge >= 0.3 is 5.97 Å². The van der Waals surface area contributed by atoms with Gasteiger partial charge in [-0.1, -0.05) is 117 Å². The molecule has 1 atom stereocenters. The van der Waals surface area contributed by atoms with Gasteiger partial charge in [0.25, 0.3) is 0 Å². The van der Waals surface area contributed by atoms with E-state index in [1.807, 2.05) is 0 Å². The molecule has 0 aliphatic carbocycles. The predicted molar refractivity (Wildman–Crippen MR) is 186 cm³/mol. The Bertz CT molecular complexity index is 841. The molecule has 0 aliphatic heterocycles. The molecule has 0 spiro atoms. The summed E-state index contributed by atoms with van der Waals surface area (Å²) in [4.78, 5) is 12.1. The monoisotopic (exact) mass is 594 g/mol. The molecule has 0 radical (unpaired) electrons. The maximum atomic E-state index is 12.1. The molecule has 0 saturated heterocycles. The number of rotatable bonds is 29. The Morgan fingerprint density at radius 1 is 0.558 bits per heavy atom. The topological polar surface area (TPSA) is 55.8 Å². The lowest BCUT2D eigenvalue weighted by Crippen LogP contribution is -2.27. The quantitative estimate of drug-likeness (QED) is 0.0532. The molecule has 4 nitrogen and oxygen atoms in total. The van der Waals surface area contributed by atoms with Crippen molar-refractivity contribution in [3.63, 3.8) is 0 Å². The summed E-state index contributed by atoms with van der Waals surface area (Å²) in [6.07, 6.45) is 50.2. The number of aliphatic hydroxyl groups is 1. The zero-order valence-corrected chi connectivity index (χ0v) is 27.4. The van der Waals surface area contributed by atoms with Crippen molar-refractivity contribution in [2.24, 2.45) is 0 Å². The smallest absolute Gasteiger partial charge is 0.306 e. The van der Waals surface area contributed by atoms with Crippen molar-refractivity contribution in [3.8, 4) is 0 Å². The van der Waals surface area contributed by atoms with Crippen molar-refractivity contribution in [3.05, 3.63) is 97.2 Å². The Labute approximate surface area is 264 Å². The Hall–Kier alpha value is -2.69. The second kappa shape index (κ2) is 35.5. The van der Waals surface area contributed by atoms with Crippen molar-refractivity contribution < 1.29 is 19.4 Å². The molecule has 0 heterocycles. The first-order valence-corrected chi connectivity index (χ1v) is 16.8. The number of unbranched alkanes of at least 4 members (excludes halogenated alkanes) is 5. The number of allylic oxidation sites excluding steroid dienone is 16. The number of hydrogen-bond donors (Lipinski definition) is 1. The average molecular weight is 595 g/mol. The third-order valence-corrected chi connectivity index (χ3v) is 6.40. The molecule has 0 aromatic carbocycles. The van der Waals surface area contributed by atoms with Gasteiger partial charge in [0.05, 0.1) is 13.2 Å². The number of ether oxygens (including phenoxy) is 2. The molecule has 4 heteroatoms. The van der Waals surface area contributed by atoms with E-state index in [2.05, 4.69) is 111 Å². The normalized spacial score (nSPS) is 13.7. The summed E-state index contributed by atoms with van der Waals surface area (Å²) in [5.41, 5.74) is 0. The first kappa shape index (κ1) is 40.3. The third kappa shape index (κ3) is 33.7. The molecule has 0 fully saturated rings. The van der Waals surface area contributed by atoms with Crippen LogP contribution >= 0.6 is 0 Å². The summed E-state index contributed by atoms with van der Waals surface area (Å²) in [5, 5.41) is 9.52. The maximum absolute atomic E-state index is 12.1. The highest BCUT2D eigenvalue weighted by molar-refractivity contribution is 5.69. The van der Waals surface area contributed by atoms with Crippen molar-refractivity contribution in [1.82, 2.24) is 0 Å². The second-order valence-corrected chi connectivity index (χ2v) is 10.5. The predicted octanol–water partition coefficient (Wildman–Crippen LogP) is 10.6. The van der Waals surface area contributed by atoms with E-state index in [1.165, 1.54) is 0 Å². The lowest BCUT2D eigenvalue weighted by Gasteiger charge is -2.15. The van der Waals surface area contributed by atoms with Gasteiger partial charge in [-0.25, -0.2) is 0 Å². The molecule has 0 aromatic rings. The highest BCUT2D eigenvalue weighted by Gasteiger charge is 2.13. The third-order valence-electron chi connectivity index (χ3n) is 6.40. The standard InChI is InChI=1S/C39H62O4/c1-3-5-7-9-11-13-15-17-18-19-20-21-23-25-27-29-31-33-35-42-37-38(36-40)43-39(41)34-32-30-28-26-24-22-16-14-12-10-8-6-4-2/h5-8,11-14,17-18,20-22,24-25,27,38,40H,3-4,9-10,15-16,19,23,26,28-37H2,1-2H3/b7-5-,8-6-,13-11-,14-12-,18-17-,21-20-,24-22-,27-25-. The van der Waals surface area contributed by atoms with Gasteiger partial charge in [0.1, 0.15) is 6.10 Å². The van der Waals surface area contributed by atoms with E-state index < -0.39 is 6.10 Å². The van der Waals surface area contributed by atoms with Crippen LogP contribution in [0.15, 0.2) is 97.2 Å². The van der Waals surface area contributed by atoms with Crippen LogP contribution in [0, 0.1) is 0 Å². The highest BCUT2D eigenvalue weighted by atomic mass is 16.6. The zero-order valence-electron chi connectivity index (χ0n) is 27.4. The van der Waals surface area contributed by atoms with Crippen LogP contribution in [0.25, 0.3) is 0 Å². The number of carbonyl (C=O) groups excluding carboxylic acids is 1. The lowest BCUT2D eigenvalue weighted by molar-refractivity contribution is -0.154. The van der Waals surface area contributed by atoms with E-state index in [1.54, 1.807) is 0 Å². The fourth-order valence-electron chi connectivity index (χ4n) is 3.95. The van der Waals surface area contributed by atoms with Crippen LogP contribution in [-0.2, 0) is 14.3 Å². The van der Waals surface area contributed by atoms with Crippen molar-refractivity contribution in [1.29, 1.82) is 0 Å². The Morgan fingerprint density at radius 3 is 1.42 bits per heavy atom. The lowest BCUT2D eigenvalue weighted by atomic mass is 10.1. The summed E-state index contributed by atoms with van der Waals surface area (Å²) < 4.78 is 11.0. The van der Waals surface area contributed by atoms with Gasteiger partial charge in [-0.15, -0.1) is 0 Å². The molecule has 0 aliphatic rings. The van der Waals surface area contributed by atoms with E-state index in [9.17, 15) is 9.90 Å². The van der Waals surface area contributed by atoms with Gasteiger partial charge in [-0.3, -0.25) is 4.79 Å². The van der Waals surface area contributed by atoms with Crippen molar-refractivity contribution in [2.75, 3.05) is 19.8 Å². The minimum atomic E-state index is -0.577. The van der Waals surface area contributed by atoms with Gasteiger partial charge in [-0.05, 0) is 89.9 Å². The van der Waals surface area contributed by atoms with E-state index in [-0.39, 0.29) is 19.2 Å². The van der Waals surface area contributed by atoms with Crippen molar-refractivity contribution in [2.45, 2.75) is 123 Å². The Morgan fingerprint density at radius 2 is 0.977 bits per heavy atom. The molecule has 0 saturated carbocycles. The molecule has 0 rings (SSSR count). The van der Waals surface area contributed by atoms with E-state index >= 15 is 0 Å². The van der Waals surface area contributed by atoms with Gasteiger partial charge in [0.2, 0.25) is 0 Å². The summed E-state index contributed by atoms with van der Waals surface area (Å²) >= 11 is 0. The molecule has 0 amide bonds. The average Bonchev–Trinajstić information content (AvgIpc) is 3.01. The second-order valence-electron chi connectivity index (χ2n) is 10.5. The number of esters is 1. The molecule has 242 valence electrons. The molecule has 0 aromatic heterocycles. The van der Waals surface area contributed by atoms with Crippen molar-refractivity contribution >= 4 is 5.97 Å². The number of carbonyl (C=O) groups is 1. The van der Waals surface area contributed by atoms with Crippen LogP contribution in [0.4, 0.5) is 0 Å². The molecular weight excluding hydrogens is 532 g/mol. The van der Waals surface area contributed by atoms with Crippen LogP contribution in [0.5, 0.6) is 0 Å². The first-order valence-electron chi connectivity index (χ1n) is 16.8. The highest BCUT2D eigenvalue weighted by Crippen LogP contribution is 2.07. The summed E-state index contributed by atoms with van der Waals surface area (Å²) in [6.45, 7) is 4.95. The largest absolute Gasteiger partial charge is 0.457 e. The van der Waals surface area contributed by atoms with E-state index in [4.69, 9.17) is 9.47 Å². The van der Waals surface area contributed by atoms with Crippen LogP contribution in [0.3, 0.4) is 0 Å². The summed E-state index contributed by atoms with van der Waals surface area (Å²) in [7, 11) is 0. The van der Waals surface area contributed by atoms with Gasteiger partial charge in [0.15, 0.2) is 0 Å². The van der Waals surface area contributed by atoms with E-state index in [0.717, 1.165) is 96.3 Å². The summed E-state index contributed by atoms with van der Waals surface area (Å²) in [6, 6.07) is 0. The van der Waals surface area contributed by atoms with Gasteiger partial charge in [0, 0.05) is 13.0 Å². The molecule has 0 bridgehead atoms. The fraction of sp³-hybridized carbons (Fsp3) is 0.564. The van der Waals surface area contributed by atoms with Crippen LogP contribution in [0.1, 0.15) is 117 Å². The minimum Gasteiger partial charge on any atom is -0.457 e. The molecule has 1 N–H and O–H groups in total. The van der Waals surface area contributed by atoms with Crippen LogP contribution in [0.2, 0.25) is 0 Å². The summed E-state index contributed by atoms with van der Waals surface area (Å²) in [5.74, 6) is -0.251. The SMILES string of the molecule is CC/C=C\C/C=C\C/C=C\C/C=C\C/C=C\CCCCOCC(CO)OC(=O)CCCCC/C=C\C/C=C\C/C=C\CC. The van der Waals surface area contributed by atoms with Gasteiger partial charge < -0.3 is 14.6 Å². The van der Waals surface area contributed by atoms with Crippen LogP contribution in [-0.4, -0.2) is 37.0 Å². The molecule has 1 unspecified atom stereocenters. The Balaban J connectivity index is 3.65. The van der Waals surface area contributed by atoms with Gasteiger partial charge in [-0.2, -0.15) is 0 Å². The Kier molecular flexibility index (Phi) is 33.3. The maximum Gasteiger partial charge on any atom is 0.306 e. The fourth-order valence-corrected chi connectivity index (χ4v) is 3.95. The number of hydrogen-bond acceptors (Lipinski definition) is 4. The molecular formula is C39H62O4. The minimum absolute atomic E-state index is 0.208. The molecule has 43 heavy (non-hydrogen) atoms. The first-order chi connectivity index (χ1) is 21.2.